The first-order chi connectivity index (χ1) is 11.9. The topological polar surface area (TPSA) is 76.1 Å². The van der Waals surface area contributed by atoms with Crippen LogP contribution in [0.2, 0.25) is 0 Å². The number of ether oxygens (including phenoxy) is 2. The molecule has 6 nitrogen and oxygen atoms in total. The van der Waals surface area contributed by atoms with Crippen LogP contribution in [0.5, 0.6) is 11.5 Å². The lowest BCUT2D eigenvalue weighted by Gasteiger charge is -2.24. The van der Waals surface area contributed by atoms with Gasteiger partial charge in [-0.25, -0.2) is 0 Å². The number of benzene rings is 1. The van der Waals surface area contributed by atoms with Crippen LogP contribution >= 0.6 is 0 Å². The lowest BCUT2D eigenvalue weighted by Crippen LogP contribution is -2.36. The summed E-state index contributed by atoms with van der Waals surface area (Å²) < 4.78 is 11.1. The van der Waals surface area contributed by atoms with E-state index in [0.29, 0.717) is 36.1 Å². The third-order valence-corrected chi connectivity index (χ3v) is 4.41. The molecule has 0 aromatic heterocycles. The van der Waals surface area contributed by atoms with E-state index in [9.17, 15) is 9.59 Å². The van der Waals surface area contributed by atoms with Gasteiger partial charge in [0.2, 0.25) is 0 Å². The Balaban J connectivity index is 2.10. The smallest absolute Gasteiger partial charge is 0.305 e. The fourth-order valence-corrected chi connectivity index (χ4v) is 3.01. The van der Waals surface area contributed by atoms with Crippen LogP contribution in [0, 0.1) is 5.92 Å². The van der Waals surface area contributed by atoms with Crippen LogP contribution in [0.3, 0.4) is 0 Å². The predicted molar refractivity (Wildman–Crippen MR) is 94.3 cm³/mol. The largest absolute Gasteiger partial charge is 0.493 e. The molecule has 0 radical (unpaired) electrons. The Kier molecular flexibility index (Phi) is 6.67. The van der Waals surface area contributed by atoms with E-state index in [1.807, 2.05) is 0 Å². The molecule has 0 spiro atoms. The minimum absolute atomic E-state index is 0.0146. The second-order valence-electron chi connectivity index (χ2n) is 6.79. The van der Waals surface area contributed by atoms with Gasteiger partial charge in [-0.1, -0.05) is 13.8 Å². The molecule has 25 heavy (non-hydrogen) atoms. The fraction of sp³-hybridized carbons (Fsp3) is 0.579. The summed E-state index contributed by atoms with van der Waals surface area (Å²) >= 11 is 0. The molecule has 6 heteroatoms. The van der Waals surface area contributed by atoms with Crippen molar-refractivity contribution < 1.29 is 24.2 Å². The number of amides is 1. The SMILES string of the molecule is COc1cc(C(=O)N2CCCC2CC(=O)O)ccc1OCCC(C)C. The minimum atomic E-state index is -0.879. The molecule has 1 heterocycles. The number of rotatable bonds is 8. The molecule has 0 aliphatic carbocycles. The van der Waals surface area contributed by atoms with Gasteiger partial charge in [-0.3, -0.25) is 9.59 Å². The maximum atomic E-state index is 12.8. The summed E-state index contributed by atoms with van der Waals surface area (Å²) in [7, 11) is 1.54. The van der Waals surface area contributed by atoms with E-state index in [1.54, 1.807) is 30.2 Å². The van der Waals surface area contributed by atoms with Gasteiger partial charge >= 0.3 is 5.97 Å². The number of carbonyl (C=O) groups is 2. The molecule has 0 bridgehead atoms. The third-order valence-electron chi connectivity index (χ3n) is 4.41. The average Bonchev–Trinajstić information content (AvgIpc) is 3.01. The highest BCUT2D eigenvalue weighted by Crippen LogP contribution is 2.30. The summed E-state index contributed by atoms with van der Waals surface area (Å²) in [6.45, 7) is 5.44. The van der Waals surface area contributed by atoms with Gasteiger partial charge in [0.05, 0.1) is 20.1 Å². The van der Waals surface area contributed by atoms with Crippen molar-refractivity contribution in [3.05, 3.63) is 23.8 Å². The Hall–Kier alpha value is -2.24. The van der Waals surface area contributed by atoms with Crippen molar-refractivity contribution in [2.75, 3.05) is 20.3 Å². The summed E-state index contributed by atoms with van der Waals surface area (Å²) in [4.78, 5) is 25.4. The number of hydrogen-bond acceptors (Lipinski definition) is 4. The summed E-state index contributed by atoms with van der Waals surface area (Å²) in [6, 6.07) is 4.89. The average molecular weight is 349 g/mol. The molecule has 1 N–H and O–H groups in total. The molecule has 1 amide bonds. The molecule has 1 aliphatic heterocycles. The molecule has 0 saturated carbocycles. The second kappa shape index (κ2) is 8.74. The number of hydrogen-bond donors (Lipinski definition) is 1. The van der Waals surface area contributed by atoms with Crippen molar-refractivity contribution in [2.24, 2.45) is 5.92 Å². The Morgan fingerprint density at radius 1 is 1.32 bits per heavy atom. The number of carbonyl (C=O) groups excluding carboxylic acids is 1. The zero-order valence-corrected chi connectivity index (χ0v) is 15.2. The summed E-state index contributed by atoms with van der Waals surface area (Å²) in [5.74, 6) is 0.645. The van der Waals surface area contributed by atoms with Crippen LogP contribution in [0.15, 0.2) is 18.2 Å². The van der Waals surface area contributed by atoms with Crippen LogP contribution in [-0.4, -0.2) is 48.2 Å². The Morgan fingerprint density at radius 3 is 2.72 bits per heavy atom. The van der Waals surface area contributed by atoms with Crippen LogP contribution in [0.4, 0.5) is 0 Å². The van der Waals surface area contributed by atoms with E-state index in [4.69, 9.17) is 14.6 Å². The number of carboxylic acids is 1. The van der Waals surface area contributed by atoms with Crippen molar-refractivity contribution >= 4 is 11.9 Å². The highest BCUT2D eigenvalue weighted by molar-refractivity contribution is 5.95. The maximum absolute atomic E-state index is 12.8. The highest BCUT2D eigenvalue weighted by atomic mass is 16.5. The molecule has 1 fully saturated rings. The van der Waals surface area contributed by atoms with Gasteiger partial charge in [0.25, 0.3) is 5.91 Å². The first-order valence-electron chi connectivity index (χ1n) is 8.76. The van der Waals surface area contributed by atoms with E-state index in [0.717, 1.165) is 19.3 Å². The predicted octanol–water partition coefficient (Wildman–Crippen LogP) is 3.20. The Labute approximate surface area is 148 Å². The molecule has 1 aromatic rings. The summed E-state index contributed by atoms with van der Waals surface area (Å²) in [5.41, 5.74) is 0.491. The second-order valence-corrected chi connectivity index (χ2v) is 6.79. The summed E-state index contributed by atoms with van der Waals surface area (Å²) in [5, 5.41) is 9.01. The van der Waals surface area contributed by atoms with Gasteiger partial charge in [0, 0.05) is 18.2 Å². The number of carboxylic acid groups (broad SMARTS) is 1. The summed E-state index contributed by atoms with van der Waals surface area (Å²) in [6.07, 6.45) is 2.48. The molecule has 138 valence electrons. The zero-order chi connectivity index (χ0) is 18.4. The van der Waals surface area contributed by atoms with Gasteiger partial charge in [0.15, 0.2) is 11.5 Å². The number of likely N-dealkylation sites (tertiary alicyclic amines) is 1. The molecular weight excluding hydrogens is 322 g/mol. The van der Waals surface area contributed by atoms with Crippen LogP contribution < -0.4 is 9.47 Å². The normalized spacial score (nSPS) is 17.0. The van der Waals surface area contributed by atoms with Crippen molar-refractivity contribution in [1.29, 1.82) is 0 Å². The minimum Gasteiger partial charge on any atom is -0.493 e. The zero-order valence-electron chi connectivity index (χ0n) is 15.2. The number of aliphatic carboxylic acids is 1. The number of nitrogens with zero attached hydrogens (tertiary/aromatic N) is 1. The fourth-order valence-electron chi connectivity index (χ4n) is 3.01. The van der Waals surface area contributed by atoms with Crippen LogP contribution in [-0.2, 0) is 4.79 Å². The first-order valence-corrected chi connectivity index (χ1v) is 8.76. The lowest BCUT2D eigenvalue weighted by atomic mass is 10.1. The van der Waals surface area contributed by atoms with E-state index >= 15 is 0 Å². The standard InChI is InChI=1S/C19H27NO5/c1-13(2)8-10-25-16-7-6-14(11-17(16)24-3)19(23)20-9-4-5-15(20)12-18(21)22/h6-7,11,13,15H,4-5,8-10,12H2,1-3H3,(H,21,22). The molecule has 2 rings (SSSR count). The molecule has 1 atom stereocenters. The number of methoxy groups -OCH3 is 1. The maximum Gasteiger partial charge on any atom is 0.305 e. The highest BCUT2D eigenvalue weighted by Gasteiger charge is 2.31. The first kappa shape index (κ1) is 19.1. The van der Waals surface area contributed by atoms with Crippen molar-refractivity contribution in [2.45, 2.75) is 45.6 Å². The molecule has 1 aliphatic rings. The quantitative estimate of drug-likeness (QED) is 0.780. The van der Waals surface area contributed by atoms with Gasteiger partial charge < -0.3 is 19.5 Å². The van der Waals surface area contributed by atoms with Crippen molar-refractivity contribution in [3.63, 3.8) is 0 Å². The Bertz CT molecular complexity index is 614. The monoisotopic (exact) mass is 349 g/mol. The molecule has 1 aromatic carbocycles. The lowest BCUT2D eigenvalue weighted by molar-refractivity contribution is -0.137. The molecule has 1 saturated heterocycles. The van der Waals surface area contributed by atoms with Crippen molar-refractivity contribution in [1.82, 2.24) is 4.90 Å². The van der Waals surface area contributed by atoms with Gasteiger partial charge in [-0.2, -0.15) is 0 Å². The van der Waals surface area contributed by atoms with E-state index in [1.165, 1.54) is 0 Å². The Morgan fingerprint density at radius 2 is 2.08 bits per heavy atom. The van der Waals surface area contributed by atoms with Crippen molar-refractivity contribution in [3.8, 4) is 11.5 Å². The van der Waals surface area contributed by atoms with Gasteiger partial charge in [-0.05, 0) is 43.4 Å². The van der Waals surface area contributed by atoms with Gasteiger partial charge in [0.1, 0.15) is 0 Å². The third kappa shape index (κ3) is 5.11. The van der Waals surface area contributed by atoms with E-state index in [-0.39, 0.29) is 18.4 Å². The molecule has 1 unspecified atom stereocenters. The molecular formula is C19H27NO5. The van der Waals surface area contributed by atoms with E-state index in [2.05, 4.69) is 13.8 Å². The van der Waals surface area contributed by atoms with Crippen LogP contribution in [0.1, 0.15) is 49.9 Å². The van der Waals surface area contributed by atoms with E-state index < -0.39 is 5.97 Å². The van der Waals surface area contributed by atoms with Crippen LogP contribution in [0.25, 0.3) is 0 Å². The van der Waals surface area contributed by atoms with Gasteiger partial charge in [-0.15, -0.1) is 0 Å².